The Labute approximate surface area is 79.9 Å². The number of hydrogen-bond donors (Lipinski definition) is 2. The maximum absolute atomic E-state index is 12.3. The third kappa shape index (κ3) is 3.01. The van der Waals surface area contributed by atoms with Gasteiger partial charge in [0.05, 0.1) is 0 Å². The third-order valence-electron chi connectivity index (χ3n) is 1.88. The number of nitrogens with one attached hydrogen (secondary N) is 1. The van der Waals surface area contributed by atoms with E-state index in [4.69, 9.17) is 5.84 Å². The second-order valence-electron chi connectivity index (χ2n) is 2.95. The third-order valence-corrected chi connectivity index (χ3v) is 1.88. The first-order valence-electron chi connectivity index (χ1n) is 4.11. The smallest absolute Gasteiger partial charge is 0.271 e. The molecular weight excluding hydrogens is 193 g/mol. The summed E-state index contributed by atoms with van der Waals surface area (Å²) in [6.45, 7) is 0. The largest absolute Gasteiger partial charge is 0.405 e. The van der Waals surface area contributed by atoms with Gasteiger partial charge in [-0.2, -0.15) is 13.2 Å². The summed E-state index contributed by atoms with van der Waals surface area (Å²) >= 11 is 0. The van der Waals surface area contributed by atoms with Gasteiger partial charge in [0.2, 0.25) is 0 Å². The number of hydrazine groups is 1. The predicted molar refractivity (Wildman–Crippen MR) is 47.3 cm³/mol. The van der Waals surface area contributed by atoms with Crippen molar-refractivity contribution in [1.82, 2.24) is 5.43 Å². The van der Waals surface area contributed by atoms with E-state index in [1.54, 1.807) is 35.8 Å². The van der Waals surface area contributed by atoms with Crippen LogP contribution in [0.4, 0.5) is 13.2 Å². The van der Waals surface area contributed by atoms with Crippen LogP contribution in [0, 0.1) is 0 Å². The molecule has 1 rings (SSSR count). The number of benzene rings is 1. The molecule has 0 saturated heterocycles. The number of alkyl halides is 3. The molecule has 0 spiro atoms. The number of rotatable bonds is 3. The first kappa shape index (κ1) is 11.0. The van der Waals surface area contributed by atoms with E-state index in [1.165, 1.54) is 0 Å². The van der Waals surface area contributed by atoms with Crippen molar-refractivity contribution in [3.63, 3.8) is 0 Å². The summed E-state index contributed by atoms with van der Waals surface area (Å²) in [4.78, 5) is 0. The van der Waals surface area contributed by atoms with E-state index in [-0.39, 0.29) is 6.42 Å². The van der Waals surface area contributed by atoms with Crippen LogP contribution in [0.2, 0.25) is 0 Å². The van der Waals surface area contributed by atoms with Crippen molar-refractivity contribution in [3.05, 3.63) is 35.9 Å². The lowest BCUT2D eigenvalue weighted by Gasteiger charge is -2.18. The van der Waals surface area contributed by atoms with Crippen molar-refractivity contribution in [2.24, 2.45) is 5.84 Å². The Hall–Kier alpha value is -1.07. The monoisotopic (exact) mass is 204 g/mol. The Bertz CT molecular complexity index is 271. The van der Waals surface area contributed by atoms with Gasteiger partial charge in [-0.15, -0.1) is 0 Å². The van der Waals surface area contributed by atoms with Crippen LogP contribution in [0.5, 0.6) is 0 Å². The van der Waals surface area contributed by atoms with Gasteiger partial charge in [0.1, 0.15) is 6.04 Å². The summed E-state index contributed by atoms with van der Waals surface area (Å²) in [6, 6.07) is 6.72. The van der Waals surface area contributed by atoms with Gasteiger partial charge in [-0.05, 0) is 12.0 Å². The maximum atomic E-state index is 12.3. The Balaban J connectivity index is 2.67. The summed E-state index contributed by atoms with van der Waals surface area (Å²) in [5, 5.41) is 0. The Morgan fingerprint density at radius 2 is 1.79 bits per heavy atom. The zero-order valence-corrected chi connectivity index (χ0v) is 7.38. The molecule has 1 aromatic rings. The van der Waals surface area contributed by atoms with Gasteiger partial charge in [-0.1, -0.05) is 30.3 Å². The molecule has 1 atom stereocenters. The van der Waals surface area contributed by atoms with Crippen LogP contribution < -0.4 is 11.3 Å². The second kappa shape index (κ2) is 4.43. The Kier molecular flexibility index (Phi) is 3.49. The van der Waals surface area contributed by atoms with E-state index in [2.05, 4.69) is 0 Å². The summed E-state index contributed by atoms with van der Waals surface area (Å²) < 4.78 is 36.8. The molecule has 14 heavy (non-hydrogen) atoms. The highest BCUT2D eigenvalue weighted by Gasteiger charge is 2.38. The highest BCUT2D eigenvalue weighted by Crippen LogP contribution is 2.22. The van der Waals surface area contributed by atoms with Crippen LogP contribution in [-0.4, -0.2) is 12.2 Å². The molecule has 0 aromatic heterocycles. The lowest BCUT2D eigenvalue weighted by Crippen LogP contribution is -2.47. The SMILES string of the molecule is NNC(Cc1ccccc1)C(F)(F)F. The fourth-order valence-electron chi connectivity index (χ4n) is 1.12. The van der Waals surface area contributed by atoms with Crippen LogP contribution in [0.25, 0.3) is 0 Å². The average molecular weight is 204 g/mol. The van der Waals surface area contributed by atoms with E-state index < -0.39 is 12.2 Å². The second-order valence-corrected chi connectivity index (χ2v) is 2.95. The van der Waals surface area contributed by atoms with E-state index in [9.17, 15) is 13.2 Å². The van der Waals surface area contributed by atoms with E-state index in [0.29, 0.717) is 5.56 Å². The first-order chi connectivity index (χ1) is 6.54. The van der Waals surface area contributed by atoms with Gasteiger partial charge in [0.15, 0.2) is 0 Å². The summed E-state index contributed by atoms with van der Waals surface area (Å²) in [5.41, 5.74) is 2.37. The Morgan fingerprint density at radius 1 is 1.21 bits per heavy atom. The van der Waals surface area contributed by atoms with Crippen LogP contribution in [0.3, 0.4) is 0 Å². The quantitative estimate of drug-likeness (QED) is 0.580. The van der Waals surface area contributed by atoms with E-state index in [0.717, 1.165) is 0 Å². The molecule has 0 aliphatic heterocycles. The summed E-state index contributed by atoms with van der Waals surface area (Å²) in [6.07, 6.45) is -4.47. The number of nitrogens with two attached hydrogens (primary N) is 1. The zero-order valence-electron chi connectivity index (χ0n) is 7.38. The molecule has 0 radical (unpaired) electrons. The van der Waals surface area contributed by atoms with Crippen LogP contribution in [0.15, 0.2) is 30.3 Å². The molecule has 3 N–H and O–H groups in total. The molecule has 0 aliphatic rings. The van der Waals surface area contributed by atoms with Crippen molar-refractivity contribution in [2.75, 3.05) is 0 Å². The fourth-order valence-corrected chi connectivity index (χ4v) is 1.12. The normalized spacial score (nSPS) is 14.0. The van der Waals surface area contributed by atoms with E-state index >= 15 is 0 Å². The lowest BCUT2D eigenvalue weighted by molar-refractivity contribution is -0.155. The lowest BCUT2D eigenvalue weighted by atomic mass is 10.1. The van der Waals surface area contributed by atoms with Gasteiger partial charge in [-0.25, -0.2) is 5.43 Å². The van der Waals surface area contributed by atoms with Crippen molar-refractivity contribution in [3.8, 4) is 0 Å². The highest BCUT2D eigenvalue weighted by atomic mass is 19.4. The molecule has 0 fully saturated rings. The molecule has 1 aromatic carbocycles. The molecule has 1 unspecified atom stereocenters. The molecule has 0 heterocycles. The molecule has 0 aliphatic carbocycles. The molecule has 0 saturated carbocycles. The van der Waals surface area contributed by atoms with Crippen molar-refractivity contribution >= 4 is 0 Å². The van der Waals surface area contributed by atoms with Crippen molar-refractivity contribution in [1.29, 1.82) is 0 Å². The molecule has 0 bridgehead atoms. The minimum absolute atomic E-state index is 0.152. The van der Waals surface area contributed by atoms with Gasteiger partial charge in [0, 0.05) is 0 Å². The highest BCUT2D eigenvalue weighted by molar-refractivity contribution is 5.16. The minimum Gasteiger partial charge on any atom is -0.271 e. The standard InChI is InChI=1S/C9H11F3N2/c10-9(11,12)8(14-13)6-7-4-2-1-3-5-7/h1-5,8,14H,6,13H2. The van der Waals surface area contributed by atoms with Gasteiger partial charge < -0.3 is 0 Å². The molecule has 78 valence electrons. The van der Waals surface area contributed by atoms with Gasteiger partial charge >= 0.3 is 6.18 Å². The molecular formula is C9H11F3N2. The van der Waals surface area contributed by atoms with Gasteiger partial charge in [-0.3, -0.25) is 5.84 Å². The topological polar surface area (TPSA) is 38.0 Å². The minimum atomic E-state index is -4.31. The van der Waals surface area contributed by atoms with Crippen molar-refractivity contribution < 1.29 is 13.2 Å². The summed E-state index contributed by atoms with van der Waals surface area (Å²) in [7, 11) is 0. The fraction of sp³-hybridized carbons (Fsp3) is 0.333. The zero-order chi connectivity index (χ0) is 10.6. The molecule has 0 amide bonds. The van der Waals surface area contributed by atoms with Crippen LogP contribution in [0.1, 0.15) is 5.56 Å². The molecule has 2 nitrogen and oxygen atoms in total. The predicted octanol–water partition coefficient (Wildman–Crippen LogP) is 1.62. The van der Waals surface area contributed by atoms with Gasteiger partial charge in [0.25, 0.3) is 0 Å². The summed E-state index contributed by atoms with van der Waals surface area (Å²) in [5.74, 6) is 4.84. The van der Waals surface area contributed by atoms with E-state index in [1.807, 2.05) is 0 Å². The average Bonchev–Trinajstić information content (AvgIpc) is 2.14. The van der Waals surface area contributed by atoms with Crippen LogP contribution >= 0.6 is 0 Å². The first-order valence-corrected chi connectivity index (χ1v) is 4.11. The number of hydrogen-bond acceptors (Lipinski definition) is 2. The van der Waals surface area contributed by atoms with Crippen LogP contribution in [-0.2, 0) is 6.42 Å². The maximum Gasteiger partial charge on any atom is 0.405 e. The van der Waals surface area contributed by atoms with Crippen molar-refractivity contribution in [2.45, 2.75) is 18.6 Å². The number of halogens is 3. The molecule has 5 heteroatoms. The Morgan fingerprint density at radius 3 is 2.21 bits per heavy atom.